The van der Waals surface area contributed by atoms with Gasteiger partial charge in [0.05, 0.1) is 10.6 Å². The van der Waals surface area contributed by atoms with Gasteiger partial charge in [0.1, 0.15) is 0 Å². The lowest BCUT2D eigenvalue weighted by atomic mass is 9.99. The van der Waals surface area contributed by atoms with Gasteiger partial charge in [-0.15, -0.1) is 10.2 Å². The molecule has 0 atom stereocenters. The van der Waals surface area contributed by atoms with E-state index in [0.717, 1.165) is 36.1 Å². The molecular formula is C27H33N5O3S. The van der Waals surface area contributed by atoms with Gasteiger partial charge in [0.25, 0.3) is 5.91 Å². The van der Waals surface area contributed by atoms with Crippen molar-refractivity contribution in [3.63, 3.8) is 0 Å². The summed E-state index contributed by atoms with van der Waals surface area (Å²) in [5, 5.41) is 11.7. The number of nitrogens with zero attached hydrogens (tertiary/aromatic N) is 4. The number of benzene rings is 2. The predicted octanol–water partition coefficient (Wildman–Crippen LogP) is 4.66. The fourth-order valence-electron chi connectivity index (χ4n) is 4.30. The lowest BCUT2D eigenvalue weighted by Crippen LogP contribution is -2.33. The Morgan fingerprint density at radius 3 is 2.14 bits per heavy atom. The van der Waals surface area contributed by atoms with Gasteiger partial charge in [0, 0.05) is 43.0 Å². The molecule has 0 bridgehead atoms. The highest BCUT2D eigenvalue weighted by Crippen LogP contribution is 2.24. The highest BCUT2D eigenvalue weighted by molar-refractivity contribution is 7.89. The number of carbonyl (C=O) groups excluding carboxylic acids is 1. The van der Waals surface area contributed by atoms with E-state index in [2.05, 4.69) is 27.3 Å². The normalized spacial score (nSPS) is 14.7. The molecule has 0 aliphatic carbocycles. The minimum Gasteiger partial charge on any atom is -0.355 e. The van der Waals surface area contributed by atoms with E-state index >= 15 is 0 Å². The SMILES string of the molecule is CCN(CC)S(=O)(=O)c1ccc(C(=O)Nc2ccc(-c3ccc(N4CCC(C)CC4)nn3)cc2)cc1. The van der Waals surface area contributed by atoms with Crippen LogP contribution in [0, 0.1) is 5.92 Å². The van der Waals surface area contributed by atoms with Crippen LogP contribution in [0.2, 0.25) is 0 Å². The maximum absolute atomic E-state index is 12.7. The molecule has 8 nitrogen and oxygen atoms in total. The summed E-state index contributed by atoms with van der Waals surface area (Å²) in [6, 6.07) is 17.4. The van der Waals surface area contributed by atoms with E-state index in [9.17, 15) is 13.2 Å². The number of hydrogen-bond acceptors (Lipinski definition) is 6. The lowest BCUT2D eigenvalue weighted by molar-refractivity contribution is 0.102. The Bertz CT molecular complexity index is 1260. The first-order valence-electron chi connectivity index (χ1n) is 12.4. The number of hydrogen-bond donors (Lipinski definition) is 1. The molecule has 1 aliphatic rings. The first-order chi connectivity index (χ1) is 17.3. The molecule has 3 aromatic rings. The zero-order chi connectivity index (χ0) is 25.7. The lowest BCUT2D eigenvalue weighted by Gasteiger charge is -2.30. The molecule has 1 aromatic heterocycles. The molecule has 1 N–H and O–H groups in total. The first-order valence-corrected chi connectivity index (χ1v) is 13.9. The van der Waals surface area contributed by atoms with Crippen LogP contribution in [0.5, 0.6) is 0 Å². The summed E-state index contributed by atoms with van der Waals surface area (Å²) < 4.78 is 26.7. The third kappa shape index (κ3) is 5.74. The Balaban J connectivity index is 1.39. The molecule has 2 heterocycles. The van der Waals surface area contributed by atoms with Gasteiger partial charge in [-0.1, -0.05) is 32.9 Å². The molecule has 0 spiro atoms. The van der Waals surface area contributed by atoms with E-state index in [4.69, 9.17) is 0 Å². The average molecular weight is 508 g/mol. The Kier molecular flexibility index (Phi) is 8.01. The van der Waals surface area contributed by atoms with Crippen LogP contribution >= 0.6 is 0 Å². The summed E-state index contributed by atoms with van der Waals surface area (Å²) in [5.74, 6) is 1.36. The van der Waals surface area contributed by atoms with Crippen molar-refractivity contribution in [2.24, 2.45) is 5.92 Å². The summed E-state index contributed by atoms with van der Waals surface area (Å²) in [4.78, 5) is 15.1. The van der Waals surface area contributed by atoms with Crippen LogP contribution in [-0.4, -0.2) is 55.0 Å². The van der Waals surface area contributed by atoms with Gasteiger partial charge < -0.3 is 10.2 Å². The second kappa shape index (κ2) is 11.2. The van der Waals surface area contributed by atoms with Crippen molar-refractivity contribution < 1.29 is 13.2 Å². The van der Waals surface area contributed by atoms with Crippen LogP contribution in [-0.2, 0) is 10.0 Å². The van der Waals surface area contributed by atoms with Crippen LogP contribution in [0.1, 0.15) is 44.0 Å². The number of anilines is 2. The van der Waals surface area contributed by atoms with E-state index in [-0.39, 0.29) is 10.8 Å². The smallest absolute Gasteiger partial charge is 0.255 e. The predicted molar refractivity (Wildman–Crippen MR) is 143 cm³/mol. The van der Waals surface area contributed by atoms with Crippen LogP contribution in [0.4, 0.5) is 11.5 Å². The Morgan fingerprint density at radius 2 is 1.58 bits per heavy atom. The third-order valence-electron chi connectivity index (χ3n) is 6.66. The number of piperidine rings is 1. The van der Waals surface area contributed by atoms with Gasteiger partial charge in [-0.05, 0) is 67.3 Å². The summed E-state index contributed by atoms with van der Waals surface area (Å²) in [6.07, 6.45) is 2.35. The number of amides is 1. The number of rotatable bonds is 8. The number of nitrogens with one attached hydrogen (secondary N) is 1. The molecule has 0 unspecified atom stereocenters. The molecule has 9 heteroatoms. The number of sulfonamides is 1. The van der Waals surface area contributed by atoms with Gasteiger partial charge in [-0.3, -0.25) is 4.79 Å². The van der Waals surface area contributed by atoms with Crippen LogP contribution < -0.4 is 10.2 Å². The minimum atomic E-state index is -3.56. The molecule has 36 heavy (non-hydrogen) atoms. The maximum Gasteiger partial charge on any atom is 0.255 e. The highest BCUT2D eigenvalue weighted by Gasteiger charge is 2.22. The molecule has 1 fully saturated rings. The topological polar surface area (TPSA) is 95.5 Å². The van der Waals surface area contributed by atoms with Crippen molar-refractivity contribution in [2.45, 2.75) is 38.5 Å². The van der Waals surface area contributed by atoms with Gasteiger partial charge in [-0.25, -0.2) is 8.42 Å². The molecule has 1 aliphatic heterocycles. The molecule has 0 radical (unpaired) electrons. The van der Waals surface area contributed by atoms with E-state index in [1.165, 1.54) is 41.4 Å². The quantitative estimate of drug-likeness (QED) is 0.476. The highest BCUT2D eigenvalue weighted by atomic mass is 32.2. The summed E-state index contributed by atoms with van der Waals surface area (Å²) in [6.45, 7) is 8.69. The molecule has 2 aromatic carbocycles. The van der Waals surface area contributed by atoms with Crippen molar-refractivity contribution in [1.82, 2.24) is 14.5 Å². The van der Waals surface area contributed by atoms with Crippen LogP contribution in [0.25, 0.3) is 11.3 Å². The van der Waals surface area contributed by atoms with Crippen molar-refractivity contribution in [3.8, 4) is 11.3 Å². The summed E-state index contributed by atoms with van der Waals surface area (Å²) >= 11 is 0. The molecule has 1 amide bonds. The Labute approximate surface area is 213 Å². The summed E-state index contributed by atoms with van der Waals surface area (Å²) in [7, 11) is -3.56. The maximum atomic E-state index is 12.7. The second-order valence-corrected chi connectivity index (χ2v) is 11.0. The summed E-state index contributed by atoms with van der Waals surface area (Å²) in [5.41, 5.74) is 2.69. The fourth-order valence-corrected chi connectivity index (χ4v) is 5.76. The Morgan fingerprint density at radius 1 is 0.944 bits per heavy atom. The minimum absolute atomic E-state index is 0.175. The number of aromatic nitrogens is 2. The van der Waals surface area contributed by atoms with Gasteiger partial charge in [0.2, 0.25) is 10.0 Å². The van der Waals surface area contributed by atoms with Crippen LogP contribution in [0.15, 0.2) is 65.6 Å². The zero-order valence-electron chi connectivity index (χ0n) is 21.0. The largest absolute Gasteiger partial charge is 0.355 e. The average Bonchev–Trinajstić information content (AvgIpc) is 2.90. The zero-order valence-corrected chi connectivity index (χ0v) is 21.8. The van der Waals surface area contributed by atoms with Crippen molar-refractivity contribution >= 4 is 27.4 Å². The van der Waals surface area contributed by atoms with Crippen molar-refractivity contribution in [3.05, 3.63) is 66.2 Å². The van der Waals surface area contributed by atoms with E-state index in [0.29, 0.717) is 24.3 Å². The fraction of sp³-hybridized carbons (Fsp3) is 0.370. The van der Waals surface area contributed by atoms with Gasteiger partial charge >= 0.3 is 0 Å². The molecule has 0 saturated carbocycles. The first kappa shape index (κ1) is 25.8. The second-order valence-electron chi connectivity index (χ2n) is 9.09. The molecule has 190 valence electrons. The van der Waals surface area contributed by atoms with E-state index in [1.807, 2.05) is 36.4 Å². The monoisotopic (exact) mass is 507 g/mol. The molecule has 1 saturated heterocycles. The van der Waals surface area contributed by atoms with E-state index < -0.39 is 10.0 Å². The van der Waals surface area contributed by atoms with Gasteiger partial charge in [-0.2, -0.15) is 4.31 Å². The van der Waals surface area contributed by atoms with Crippen LogP contribution in [0.3, 0.4) is 0 Å². The molecular weight excluding hydrogens is 474 g/mol. The number of carbonyl (C=O) groups is 1. The molecule has 4 rings (SSSR count). The van der Waals surface area contributed by atoms with Crippen molar-refractivity contribution in [1.29, 1.82) is 0 Å². The van der Waals surface area contributed by atoms with Crippen molar-refractivity contribution in [2.75, 3.05) is 36.4 Å². The standard InChI is InChI=1S/C27H33N5O3S/c1-4-32(5-2)36(34,35)24-12-8-22(9-13-24)27(33)28-23-10-6-21(7-11-23)25-14-15-26(30-29-25)31-18-16-20(3)17-19-31/h6-15,20H,4-5,16-19H2,1-3H3,(H,28,33). The third-order valence-corrected chi connectivity index (χ3v) is 8.72. The Hall–Kier alpha value is -3.30. The van der Waals surface area contributed by atoms with Gasteiger partial charge in [0.15, 0.2) is 5.82 Å². The van der Waals surface area contributed by atoms with E-state index in [1.54, 1.807) is 13.8 Å².